The zero-order valence-electron chi connectivity index (χ0n) is 14.0. The molecule has 1 heterocycles. The zero-order chi connectivity index (χ0) is 17.9. The molecule has 2 rings (SSSR count). The highest BCUT2D eigenvalue weighted by molar-refractivity contribution is 5.97. The third kappa shape index (κ3) is 6.36. The molecule has 1 aromatic carbocycles. The lowest BCUT2D eigenvalue weighted by atomic mass is 10.2. The average Bonchev–Trinajstić information content (AvgIpc) is 2.64. The maximum atomic E-state index is 12.1. The van der Waals surface area contributed by atoms with Crippen LogP contribution < -0.4 is 16.2 Å². The van der Waals surface area contributed by atoms with E-state index in [2.05, 4.69) is 39.9 Å². The summed E-state index contributed by atoms with van der Waals surface area (Å²) in [6, 6.07) is 10.0. The molecule has 0 aliphatic carbocycles. The van der Waals surface area contributed by atoms with Gasteiger partial charge >= 0.3 is 6.03 Å². The topological polar surface area (TPSA) is 83.1 Å². The Morgan fingerprint density at radius 1 is 1.12 bits per heavy atom. The summed E-state index contributed by atoms with van der Waals surface area (Å²) < 4.78 is 0. The number of nitrogens with zero attached hydrogens (tertiary/aromatic N) is 1. The molecule has 128 valence electrons. The van der Waals surface area contributed by atoms with Gasteiger partial charge in [-0.25, -0.2) is 10.2 Å². The third-order valence-corrected chi connectivity index (χ3v) is 3.21. The number of anilines is 1. The van der Waals surface area contributed by atoms with E-state index in [4.69, 9.17) is 0 Å². The number of para-hydroxylation sites is 1. The number of aromatic nitrogens is 1. The smallest absolute Gasteiger partial charge is 0.307 e. The number of nitrogens with one attached hydrogen (secondary N) is 3. The average molecular weight is 336 g/mol. The number of rotatable bonds is 4. The minimum absolute atomic E-state index is 0.322. The molecule has 0 saturated carbocycles. The number of hydrazine groups is 1. The lowest BCUT2D eigenvalue weighted by Crippen LogP contribution is -2.43. The second-order valence-electron chi connectivity index (χ2n) is 5.27. The third-order valence-electron chi connectivity index (χ3n) is 3.21. The molecule has 0 aliphatic rings. The highest BCUT2D eigenvalue weighted by atomic mass is 16.2. The standard InChI is InChI=1S/C19H20N4O2/c1-2-3-4-6-9-15-12-16(14-20-13-15)18(24)22-23-19(25)21-17-10-7-5-8-11-17/h5,7-8,10-14H,2-4H2,1H3,(H,22,24)(H2,21,23,25). The van der Waals surface area contributed by atoms with Gasteiger partial charge in [-0.05, 0) is 24.6 Å². The Balaban J connectivity index is 1.87. The molecule has 0 atom stereocenters. The minimum atomic E-state index is -0.539. The van der Waals surface area contributed by atoms with E-state index in [0.29, 0.717) is 16.8 Å². The van der Waals surface area contributed by atoms with Crippen molar-refractivity contribution in [3.8, 4) is 11.8 Å². The van der Waals surface area contributed by atoms with Crippen molar-refractivity contribution in [2.45, 2.75) is 26.2 Å². The highest BCUT2D eigenvalue weighted by Crippen LogP contribution is 2.04. The Morgan fingerprint density at radius 2 is 1.92 bits per heavy atom. The number of benzene rings is 1. The second kappa shape index (κ2) is 9.73. The first-order chi connectivity index (χ1) is 12.2. The second-order valence-corrected chi connectivity index (χ2v) is 5.27. The lowest BCUT2D eigenvalue weighted by molar-refractivity contribution is 0.0937. The van der Waals surface area contributed by atoms with Crippen molar-refractivity contribution < 1.29 is 9.59 Å². The zero-order valence-corrected chi connectivity index (χ0v) is 14.0. The van der Waals surface area contributed by atoms with Crippen LogP contribution in [0.2, 0.25) is 0 Å². The number of unbranched alkanes of at least 4 members (excludes halogenated alkanes) is 2. The lowest BCUT2D eigenvalue weighted by Gasteiger charge is -2.08. The SMILES string of the molecule is CCCCC#Cc1cncc(C(=O)NNC(=O)Nc2ccccc2)c1. The van der Waals surface area contributed by atoms with E-state index in [9.17, 15) is 9.59 Å². The predicted octanol–water partition coefficient (Wildman–Crippen LogP) is 3.09. The van der Waals surface area contributed by atoms with Crippen LogP contribution in [0.3, 0.4) is 0 Å². The summed E-state index contributed by atoms with van der Waals surface area (Å²) in [5, 5.41) is 2.60. The molecule has 1 aromatic heterocycles. The molecule has 0 aliphatic heterocycles. The van der Waals surface area contributed by atoms with Gasteiger partial charge in [0.2, 0.25) is 0 Å². The van der Waals surface area contributed by atoms with E-state index in [1.807, 2.05) is 6.07 Å². The van der Waals surface area contributed by atoms with Crippen LogP contribution in [-0.4, -0.2) is 16.9 Å². The fraction of sp³-hybridized carbons (Fsp3) is 0.211. The fourth-order valence-electron chi connectivity index (χ4n) is 1.93. The van der Waals surface area contributed by atoms with Crippen molar-refractivity contribution in [2.24, 2.45) is 0 Å². The monoisotopic (exact) mass is 336 g/mol. The highest BCUT2D eigenvalue weighted by Gasteiger charge is 2.08. The molecule has 0 bridgehead atoms. The number of pyridine rings is 1. The summed E-state index contributed by atoms with van der Waals surface area (Å²) in [5.41, 5.74) is 6.24. The number of urea groups is 1. The minimum Gasteiger partial charge on any atom is -0.307 e. The largest absolute Gasteiger partial charge is 0.337 e. The Labute approximate surface area is 147 Å². The maximum Gasteiger partial charge on any atom is 0.337 e. The number of amides is 3. The molecular formula is C19H20N4O2. The van der Waals surface area contributed by atoms with Gasteiger partial charge in [0.25, 0.3) is 5.91 Å². The molecule has 3 amide bonds. The molecule has 3 N–H and O–H groups in total. The predicted molar refractivity (Wildman–Crippen MR) is 96.7 cm³/mol. The van der Waals surface area contributed by atoms with Crippen LogP contribution in [0.15, 0.2) is 48.8 Å². The Kier molecular flexibility index (Phi) is 7.01. The summed E-state index contributed by atoms with van der Waals surface area (Å²) in [6.07, 6.45) is 5.97. The van der Waals surface area contributed by atoms with Crippen LogP contribution >= 0.6 is 0 Å². The first-order valence-electron chi connectivity index (χ1n) is 8.05. The van der Waals surface area contributed by atoms with E-state index in [-0.39, 0.29) is 0 Å². The summed E-state index contributed by atoms with van der Waals surface area (Å²) in [4.78, 5) is 27.8. The summed E-state index contributed by atoms with van der Waals surface area (Å²) in [6.45, 7) is 2.11. The van der Waals surface area contributed by atoms with Gasteiger partial charge in [-0.3, -0.25) is 15.2 Å². The van der Waals surface area contributed by atoms with Crippen LogP contribution in [0.5, 0.6) is 0 Å². The number of carbonyl (C=O) groups is 2. The van der Waals surface area contributed by atoms with Crippen LogP contribution in [0.4, 0.5) is 10.5 Å². The summed E-state index contributed by atoms with van der Waals surface area (Å²) in [5.74, 6) is 5.56. The quantitative estimate of drug-likeness (QED) is 0.456. The van der Waals surface area contributed by atoms with Gasteiger partial charge in [0.15, 0.2) is 0 Å². The normalized spacial score (nSPS) is 9.48. The first kappa shape index (κ1) is 18.0. The summed E-state index contributed by atoms with van der Waals surface area (Å²) in [7, 11) is 0. The Hall–Kier alpha value is -3.33. The molecule has 0 spiro atoms. The maximum absolute atomic E-state index is 12.1. The molecule has 0 fully saturated rings. The Bertz CT molecular complexity index is 779. The molecule has 0 saturated heterocycles. The molecular weight excluding hydrogens is 316 g/mol. The molecule has 25 heavy (non-hydrogen) atoms. The van der Waals surface area contributed by atoms with Crippen molar-refractivity contribution in [3.05, 3.63) is 59.9 Å². The first-order valence-corrected chi connectivity index (χ1v) is 8.05. The van der Waals surface area contributed by atoms with Crippen LogP contribution in [-0.2, 0) is 0 Å². The summed E-state index contributed by atoms with van der Waals surface area (Å²) >= 11 is 0. The van der Waals surface area contributed by atoms with E-state index in [1.54, 1.807) is 36.5 Å². The van der Waals surface area contributed by atoms with E-state index >= 15 is 0 Å². The van der Waals surface area contributed by atoms with Gasteiger partial charge in [-0.2, -0.15) is 0 Å². The van der Waals surface area contributed by atoms with E-state index in [0.717, 1.165) is 19.3 Å². The van der Waals surface area contributed by atoms with Crippen molar-refractivity contribution in [1.29, 1.82) is 0 Å². The van der Waals surface area contributed by atoms with Gasteiger partial charge in [-0.1, -0.05) is 43.4 Å². The van der Waals surface area contributed by atoms with Crippen molar-refractivity contribution in [3.63, 3.8) is 0 Å². The molecule has 6 nitrogen and oxygen atoms in total. The van der Waals surface area contributed by atoms with Crippen molar-refractivity contribution in [2.75, 3.05) is 5.32 Å². The van der Waals surface area contributed by atoms with Gasteiger partial charge in [0.1, 0.15) is 0 Å². The van der Waals surface area contributed by atoms with Crippen LogP contribution in [0, 0.1) is 11.8 Å². The molecule has 6 heteroatoms. The van der Waals surface area contributed by atoms with Crippen molar-refractivity contribution in [1.82, 2.24) is 15.8 Å². The fourth-order valence-corrected chi connectivity index (χ4v) is 1.93. The van der Waals surface area contributed by atoms with Crippen LogP contribution in [0.25, 0.3) is 0 Å². The van der Waals surface area contributed by atoms with Crippen LogP contribution in [0.1, 0.15) is 42.1 Å². The van der Waals surface area contributed by atoms with Gasteiger partial charge < -0.3 is 5.32 Å². The molecule has 0 unspecified atom stereocenters. The van der Waals surface area contributed by atoms with Gasteiger partial charge in [-0.15, -0.1) is 0 Å². The van der Waals surface area contributed by atoms with Gasteiger partial charge in [0.05, 0.1) is 5.56 Å². The molecule has 0 radical (unpaired) electrons. The van der Waals surface area contributed by atoms with Gasteiger partial charge in [0, 0.05) is 30.1 Å². The Morgan fingerprint density at radius 3 is 2.68 bits per heavy atom. The van der Waals surface area contributed by atoms with Crippen molar-refractivity contribution >= 4 is 17.6 Å². The van der Waals surface area contributed by atoms with E-state index in [1.165, 1.54) is 6.20 Å². The number of hydrogen-bond acceptors (Lipinski definition) is 3. The van der Waals surface area contributed by atoms with E-state index < -0.39 is 11.9 Å². The molecule has 2 aromatic rings. The number of carbonyl (C=O) groups excluding carboxylic acids is 2. The number of hydrogen-bond donors (Lipinski definition) is 3.